The highest BCUT2D eigenvalue weighted by atomic mass is 16.4. The fourth-order valence-electron chi connectivity index (χ4n) is 3.15. The number of carboxylic acids is 1. The van der Waals surface area contributed by atoms with E-state index in [0.29, 0.717) is 6.54 Å². The first-order chi connectivity index (χ1) is 11.6. The first-order valence-corrected chi connectivity index (χ1v) is 8.32. The Hall–Kier alpha value is -2.40. The Morgan fingerprint density at radius 1 is 1.29 bits per heavy atom. The van der Waals surface area contributed by atoms with Gasteiger partial charge in [0, 0.05) is 32.0 Å². The van der Waals surface area contributed by atoms with Gasteiger partial charge in [0.05, 0.1) is 5.92 Å². The lowest BCUT2D eigenvalue weighted by atomic mass is 9.98. The molecule has 1 unspecified atom stereocenters. The van der Waals surface area contributed by atoms with Gasteiger partial charge in [0.25, 0.3) is 0 Å². The lowest BCUT2D eigenvalue weighted by Crippen LogP contribution is -2.38. The van der Waals surface area contributed by atoms with E-state index in [4.69, 9.17) is 0 Å². The quantitative estimate of drug-likeness (QED) is 0.915. The molecular formula is C19H23N3O2. The number of likely N-dealkylation sites (tertiary alicyclic amines) is 1. The Kier molecular flexibility index (Phi) is 5.11. The van der Waals surface area contributed by atoms with E-state index < -0.39 is 5.97 Å². The summed E-state index contributed by atoms with van der Waals surface area (Å²) in [5.41, 5.74) is 2.21. The van der Waals surface area contributed by atoms with E-state index in [1.807, 2.05) is 42.4 Å². The highest BCUT2D eigenvalue weighted by molar-refractivity contribution is 5.70. The van der Waals surface area contributed by atoms with E-state index in [9.17, 15) is 9.90 Å². The number of pyridine rings is 1. The van der Waals surface area contributed by atoms with Crippen LogP contribution in [0, 0.1) is 5.92 Å². The van der Waals surface area contributed by atoms with Crippen LogP contribution in [-0.2, 0) is 11.3 Å². The minimum Gasteiger partial charge on any atom is -0.481 e. The van der Waals surface area contributed by atoms with Crippen LogP contribution in [-0.4, -0.2) is 41.1 Å². The molecule has 2 aromatic rings. The van der Waals surface area contributed by atoms with Gasteiger partial charge in [-0.05, 0) is 43.1 Å². The smallest absolute Gasteiger partial charge is 0.307 e. The summed E-state index contributed by atoms with van der Waals surface area (Å²) < 4.78 is 0. The molecule has 1 saturated heterocycles. The van der Waals surface area contributed by atoms with Crippen LogP contribution in [0.1, 0.15) is 18.4 Å². The minimum absolute atomic E-state index is 0.241. The Morgan fingerprint density at radius 2 is 2.08 bits per heavy atom. The van der Waals surface area contributed by atoms with Gasteiger partial charge < -0.3 is 10.0 Å². The van der Waals surface area contributed by atoms with Crippen LogP contribution < -0.4 is 4.90 Å². The first-order valence-electron chi connectivity index (χ1n) is 8.32. The van der Waals surface area contributed by atoms with Crippen LogP contribution in [0.4, 0.5) is 11.5 Å². The highest BCUT2D eigenvalue weighted by Gasteiger charge is 2.25. The van der Waals surface area contributed by atoms with Crippen LogP contribution in [0.25, 0.3) is 0 Å². The van der Waals surface area contributed by atoms with Gasteiger partial charge in [-0.15, -0.1) is 0 Å². The fraction of sp³-hybridized carbons (Fsp3) is 0.368. The lowest BCUT2D eigenvalue weighted by Gasteiger charge is -2.30. The maximum atomic E-state index is 11.2. The molecular weight excluding hydrogens is 302 g/mol. The largest absolute Gasteiger partial charge is 0.481 e. The molecule has 0 bridgehead atoms. The summed E-state index contributed by atoms with van der Waals surface area (Å²) >= 11 is 0. The summed E-state index contributed by atoms with van der Waals surface area (Å²) in [5, 5.41) is 9.18. The molecule has 1 N–H and O–H groups in total. The van der Waals surface area contributed by atoms with Crippen LogP contribution in [0.5, 0.6) is 0 Å². The number of piperidine rings is 1. The van der Waals surface area contributed by atoms with Crippen LogP contribution in [0.3, 0.4) is 0 Å². The van der Waals surface area contributed by atoms with Crippen molar-refractivity contribution in [3.63, 3.8) is 0 Å². The number of carboxylic acid groups (broad SMARTS) is 1. The predicted octanol–water partition coefficient (Wildman–Crippen LogP) is 3.15. The number of nitrogens with zero attached hydrogens (tertiary/aromatic N) is 3. The molecule has 1 aliphatic heterocycles. The number of aliphatic carboxylic acids is 1. The van der Waals surface area contributed by atoms with Gasteiger partial charge in [0.2, 0.25) is 0 Å². The number of para-hydroxylation sites is 1. The zero-order valence-corrected chi connectivity index (χ0v) is 13.9. The maximum Gasteiger partial charge on any atom is 0.307 e. The summed E-state index contributed by atoms with van der Waals surface area (Å²) in [5.74, 6) is -0.0279. The van der Waals surface area contributed by atoms with Crippen LogP contribution >= 0.6 is 0 Å². The van der Waals surface area contributed by atoms with E-state index in [2.05, 4.69) is 28.1 Å². The molecule has 3 rings (SSSR count). The molecule has 1 aliphatic rings. The van der Waals surface area contributed by atoms with Crippen molar-refractivity contribution >= 4 is 17.5 Å². The third kappa shape index (κ3) is 3.92. The molecule has 126 valence electrons. The van der Waals surface area contributed by atoms with Gasteiger partial charge in [-0.3, -0.25) is 9.69 Å². The number of hydrogen-bond acceptors (Lipinski definition) is 4. The molecule has 0 saturated carbocycles. The molecule has 2 heterocycles. The van der Waals surface area contributed by atoms with E-state index >= 15 is 0 Å². The Labute approximate surface area is 142 Å². The summed E-state index contributed by atoms with van der Waals surface area (Å²) in [4.78, 5) is 20.0. The highest BCUT2D eigenvalue weighted by Crippen LogP contribution is 2.22. The van der Waals surface area contributed by atoms with E-state index in [-0.39, 0.29) is 5.92 Å². The van der Waals surface area contributed by atoms with Gasteiger partial charge in [0.15, 0.2) is 0 Å². The van der Waals surface area contributed by atoms with Crippen molar-refractivity contribution in [3.05, 3.63) is 54.2 Å². The molecule has 0 amide bonds. The number of rotatable bonds is 5. The third-order valence-electron chi connectivity index (χ3n) is 4.56. The summed E-state index contributed by atoms with van der Waals surface area (Å²) in [7, 11) is 2.00. The first kappa shape index (κ1) is 16.5. The number of hydrogen-bond donors (Lipinski definition) is 1. The number of anilines is 2. The standard InChI is InChI=1S/C19H23N3O2/c1-21(17-7-3-2-4-8-17)18-10-9-15(12-20-18)13-22-11-5-6-16(14-22)19(23)24/h2-4,7-10,12,16H,5-6,11,13-14H2,1H3,(H,23,24). The molecule has 5 heteroatoms. The van der Waals surface area contributed by atoms with Crippen molar-refractivity contribution in [2.45, 2.75) is 19.4 Å². The average molecular weight is 325 g/mol. The van der Waals surface area contributed by atoms with Gasteiger partial charge in [-0.1, -0.05) is 24.3 Å². The number of carbonyl (C=O) groups is 1. The Bertz CT molecular complexity index is 673. The normalized spacial score (nSPS) is 18.3. The van der Waals surface area contributed by atoms with E-state index in [1.165, 1.54) is 0 Å². The predicted molar refractivity (Wildman–Crippen MR) is 94.4 cm³/mol. The third-order valence-corrected chi connectivity index (χ3v) is 4.56. The van der Waals surface area contributed by atoms with Gasteiger partial charge >= 0.3 is 5.97 Å². The molecule has 0 spiro atoms. The molecule has 0 aliphatic carbocycles. The topological polar surface area (TPSA) is 56.7 Å². The maximum absolute atomic E-state index is 11.2. The van der Waals surface area contributed by atoms with Crippen molar-refractivity contribution in [1.29, 1.82) is 0 Å². The van der Waals surface area contributed by atoms with Gasteiger partial charge in [-0.25, -0.2) is 4.98 Å². The molecule has 1 aromatic heterocycles. The zero-order chi connectivity index (χ0) is 16.9. The average Bonchev–Trinajstić information content (AvgIpc) is 2.63. The Balaban J connectivity index is 1.63. The second-order valence-electron chi connectivity index (χ2n) is 6.33. The Morgan fingerprint density at radius 3 is 2.75 bits per heavy atom. The van der Waals surface area contributed by atoms with Crippen LogP contribution in [0.2, 0.25) is 0 Å². The second-order valence-corrected chi connectivity index (χ2v) is 6.33. The van der Waals surface area contributed by atoms with E-state index in [0.717, 1.165) is 43.0 Å². The number of benzene rings is 1. The molecule has 1 fully saturated rings. The van der Waals surface area contributed by atoms with Crippen molar-refractivity contribution in [3.8, 4) is 0 Å². The summed E-state index contributed by atoms with van der Waals surface area (Å²) in [6.45, 7) is 2.34. The van der Waals surface area contributed by atoms with Gasteiger partial charge in [0.1, 0.15) is 5.82 Å². The number of aromatic nitrogens is 1. The zero-order valence-electron chi connectivity index (χ0n) is 13.9. The van der Waals surface area contributed by atoms with Gasteiger partial charge in [-0.2, -0.15) is 0 Å². The summed E-state index contributed by atoms with van der Waals surface area (Å²) in [6, 6.07) is 14.2. The molecule has 5 nitrogen and oxygen atoms in total. The van der Waals surface area contributed by atoms with Crippen molar-refractivity contribution in [2.24, 2.45) is 5.92 Å². The second kappa shape index (κ2) is 7.45. The lowest BCUT2D eigenvalue weighted by molar-refractivity contribution is -0.143. The summed E-state index contributed by atoms with van der Waals surface area (Å²) in [6.07, 6.45) is 3.61. The van der Waals surface area contributed by atoms with Crippen molar-refractivity contribution < 1.29 is 9.90 Å². The SMILES string of the molecule is CN(c1ccccc1)c1ccc(CN2CCCC(C(=O)O)C2)cn1. The molecule has 24 heavy (non-hydrogen) atoms. The van der Waals surface area contributed by atoms with Crippen LogP contribution in [0.15, 0.2) is 48.7 Å². The monoisotopic (exact) mass is 325 g/mol. The van der Waals surface area contributed by atoms with Crippen molar-refractivity contribution in [2.75, 3.05) is 25.0 Å². The fourth-order valence-corrected chi connectivity index (χ4v) is 3.15. The van der Waals surface area contributed by atoms with Crippen molar-refractivity contribution in [1.82, 2.24) is 9.88 Å². The molecule has 1 aromatic carbocycles. The minimum atomic E-state index is -0.683. The molecule has 0 radical (unpaired) electrons. The molecule has 1 atom stereocenters. The van der Waals surface area contributed by atoms with E-state index in [1.54, 1.807) is 0 Å².